The van der Waals surface area contributed by atoms with Gasteiger partial charge in [-0.2, -0.15) is 0 Å². The van der Waals surface area contributed by atoms with Gasteiger partial charge in [-0.1, -0.05) is 24.3 Å². The van der Waals surface area contributed by atoms with Crippen LogP contribution in [0.4, 0.5) is 17.5 Å². The lowest BCUT2D eigenvalue weighted by molar-refractivity contribution is 1.17. The van der Waals surface area contributed by atoms with Crippen LogP contribution in [-0.2, 0) is 0 Å². The molecule has 112 valence electrons. The number of nitrogens with two attached hydrogens (primary N) is 4. The molecule has 0 aliphatic rings. The number of pyridine rings is 1. The lowest BCUT2D eigenvalue weighted by atomic mass is 10.1. The highest BCUT2D eigenvalue weighted by molar-refractivity contribution is 5.96. The molecule has 8 heteroatoms. The van der Waals surface area contributed by atoms with Crippen LogP contribution in [0.1, 0.15) is 5.56 Å². The summed E-state index contributed by atoms with van der Waals surface area (Å²) >= 11 is 0. The van der Waals surface area contributed by atoms with Crippen LogP contribution in [0.2, 0.25) is 0 Å². The predicted octanol–water partition coefficient (Wildman–Crippen LogP) is 0.742. The van der Waals surface area contributed by atoms with E-state index in [1.807, 2.05) is 24.3 Å². The maximum atomic E-state index is 6.96. The van der Waals surface area contributed by atoms with Crippen LogP contribution in [0.5, 0.6) is 0 Å². The van der Waals surface area contributed by atoms with Crippen LogP contribution in [0.15, 0.2) is 42.9 Å². The number of rotatable bonds is 1. The summed E-state index contributed by atoms with van der Waals surface area (Å²) in [5.41, 5.74) is 22.6. The van der Waals surface area contributed by atoms with Crippen molar-refractivity contribution in [3.8, 4) is 0 Å². The third-order valence-corrected chi connectivity index (χ3v) is 2.85. The number of amidine groups is 1. The van der Waals surface area contributed by atoms with Crippen molar-refractivity contribution in [2.45, 2.75) is 0 Å². The molecule has 3 rings (SSSR count). The Morgan fingerprint density at radius 3 is 2.18 bits per heavy atom. The first kappa shape index (κ1) is 15.0. The van der Waals surface area contributed by atoms with E-state index >= 15 is 0 Å². The molecule has 3 aromatic rings. The number of nitrogens with zero attached hydrogens (tertiary/aromatic N) is 3. The van der Waals surface area contributed by atoms with E-state index < -0.39 is 0 Å². The highest BCUT2D eigenvalue weighted by Gasteiger charge is 2.00. The van der Waals surface area contributed by atoms with Gasteiger partial charge in [0.15, 0.2) is 0 Å². The van der Waals surface area contributed by atoms with Gasteiger partial charge < -0.3 is 22.9 Å². The Labute approximate surface area is 126 Å². The summed E-state index contributed by atoms with van der Waals surface area (Å²) in [6.45, 7) is 0. The Morgan fingerprint density at radius 1 is 0.909 bits per heavy atom. The molecule has 0 saturated heterocycles. The first-order chi connectivity index (χ1) is 10.5. The summed E-state index contributed by atoms with van der Waals surface area (Å²) in [7, 11) is 0. The fourth-order valence-electron chi connectivity index (χ4n) is 1.68. The summed E-state index contributed by atoms with van der Waals surface area (Å²) in [5, 5.41) is 8.94. The van der Waals surface area contributed by atoms with Crippen LogP contribution in [-0.4, -0.2) is 20.8 Å². The van der Waals surface area contributed by atoms with Crippen LogP contribution >= 0.6 is 0 Å². The van der Waals surface area contributed by atoms with E-state index in [0.29, 0.717) is 17.1 Å². The van der Waals surface area contributed by atoms with Gasteiger partial charge in [0, 0.05) is 29.4 Å². The molecule has 0 radical (unpaired) electrons. The summed E-state index contributed by atoms with van der Waals surface area (Å²) in [6, 6.07) is 7.76. The number of nitrogen functional groups attached to an aromatic ring is 4. The van der Waals surface area contributed by atoms with Crippen molar-refractivity contribution >= 4 is 34.1 Å². The van der Waals surface area contributed by atoms with Crippen molar-refractivity contribution in [1.29, 1.82) is 5.41 Å². The molecule has 0 amide bonds. The molecule has 0 atom stereocenters. The summed E-state index contributed by atoms with van der Waals surface area (Å²) in [6.07, 6.45) is 4.54. The largest absolute Gasteiger partial charge is 0.395 e. The second-order valence-corrected chi connectivity index (χ2v) is 4.39. The van der Waals surface area contributed by atoms with Gasteiger partial charge in [-0.15, -0.1) is 0 Å². The van der Waals surface area contributed by atoms with E-state index in [2.05, 4.69) is 15.0 Å². The van der Waals surface area contributed by atoms with Gasteiger partial charge in [0.2, 0.25) is 5.95 Å². The van der Waals surface area contributed by atoms with Crippen molar-refractivity contribution in [2.24, 2.45) is 5.73 Å². The molecular formula is C14H16N8. The normalized spacial score (nSPS) is 9.82. The molecule has 0 unspecified atom stereocenters. The molecule has 9 N–H and O–H groups in total. The Balaban J connectivity index is 0.000000164. The smallest absolute Gasteiger partial charge is 0.219 e. The van der Waals surface area contributed by atoms with Gasteiger partial charge in [0.05, 0.1) is 11.3 Å². The standard InChI is InChI=1S/C9H9N3.C5H7N5/c10-8-7-4-2-1-3-6(7)5-12-9(8)11;6-4(7)3-1-9-5(8)10-2-3/h1-5H,10H2,(H2,11,12);1-2H,(H3,6,7)(H2,8,9,10). The summed E-state index contributed by atoms with van der Waals surface area (Å²) in [4.78, 5) is 11.3. The molecule has 1 aromatic carbocycles. The Hall–Kier alpha value is -3.42. The van der Waals surface area contributed by atoms with Crippen LogP contribution in [0.3, 0.4) is 0 Å². The second kappa shape index (κ2) is 6.35. The van der Waals surface area contributed by atoms with E-state index in [1.54, 1.807) is 6.20 Å². The molecule has 0 bridgehead atoms. The van der Waals surface area contributed by atoms with E-state index in [4.69, 9.17) is 28.3 Å². The monoisotopic (exact) mass is 296 g/mol. The SMILES string of the molecule is N=C(N)c1cnc(N)nc1.Nc1ncc2ccccc2c1N. The minimum Gasteiger partial charge on any atom is -0.395 e. The number of fused-ring (bicyclic) bond motifs is 1. The number of nitrogens with one attached hydrogen (secondary N) is 1. The maximum absolute atomic E-state index is 6.96. The number of anilines is 3. The lowest BCUT2D eigenvalue weighted by Gasteiger charge is -2.02. The van der Waals surface area contributed by atoms with Gasteiger partial charge in [-0.3, -0.25) is 5.41 Å². The third-order valence-electron chi connectivity index (χ3n) is 2.85. The predicted molar refractivity (Wildman–Crippen MR) is 88.0 cm³/mol. The Kier molecular flexibility index (Phi) is 4.33. The van der Waals surface area contributed by atoms with Crippen molar-refractivity contribution in [2.75, 3.05) is 17.2 Å². The average Bonchev–Trinajstić information content (AvgIpc) is 2.52. The molecule has 0 saturated carbocycles. The highest BCUT2D eigenvalue weighted by atomic mass is 15.0. The zero-order valence-electron chi connectivity index (χ0n) is 11.7. The van der Waals surface area contributed by atoms with E-state index in [0.717, 1.165) is 10.8 Å². The molecule has 0 aliphatic carbocycles. The van der Waals surface area contributed by atoms with Crippen LogP contribution < -0.4 is 22.9 Å². The molecular weight excluding hydrogens is 280 g/mol. The second-order valence-electron chi connectivity index (χ2n) is 4.39. The number of aromatic nitrogens is 3. The number of hydrogen-bond donors (Lipinski definition) is 5. The summed E-state index contributed by atoms with van der Waals surface area (Å²) < 4.78 is 0. The van der Waals surface area contributed by atoms with Gasteiger partial charge >= 0.3 is 0 Å². The zero-order valence-corrected chi connectivity index (χ0v) is 11.7. The average molecular weight is 296 g/mol. The molecule has 0 aliphatic heterocycles. The molecule has 8 nitrogen and oxygen atoms in total. The number of benzene rings is 1. The molecule has 2 aromatic heterocycles. The van der Waals surface area contributed by atoms with Crippen molar-refractivity contribution < 1.29 is 0 Å². The first-order valence-corrected chi connectivity index (χ1v) is 6.29. The highest BCUT2D eigenvalue weighted by Crippen LogP contribution is 2.23. The van der Waals surface area contributed by atoms with Gasteiger partial charge in [-0.25, -0.2) is 15.0 Å². The van der Waals surface area contributed by atoms with E-state index in [9.17, 15) is 0 Å². The van der Waals surface area contributed by atoms with Crippen molar-refractivity contribution in [1.82, 2.24) is 15.0 Å². The van der Waals surface area contributed by atoms with Crippen LogP contribution in [0.25, 0.3) is 10.8 Å². The van der Waals surface area contributed by atoms with Gasteiger partial charge in [-0.05, 0) is 0 Å². The fraction of sp³-hybridized carbons (Fsp3) is 0. The van der Waals surface area contributed by atoms with Gasteiger partial charge in [0.1, 0.15) is 11.7 Å². The van der Waals surface area contributed by atoms with Crippen molar-refractivity contribution in [3.05, 3.63) is 48.4 Å². The van der Waals surface area contributed by atoms with Crippen molar-refractivity contribution in [3.63, 3.8) is 0 Å². The quantitative estimate of drug-likeness (QED) is 0.326. The minimum absolute atomic E-state index is 0.0556. The van der Waals surface area contributed by atoms with Gasteiger partial charge in [0.25, 0.3) is 0 Å². The summed E-state index contributed by atoms with van der Waals surface area (Å²) in [5.74, 6) is 0.527. The molecule has 0 spiro atoms. The van der Waals surface area contributed by atoms with E-state index in [-0.39, 0.29) is 11.8 Å². The fourth-order valence-corrected chi connectivity index (χ4v) is 1.68. The maximum Gasteiger partial charge on any atom is 0.219 e. The molecule has 22 heavy (non-hydrogen) atoms. The van der Waals surface area contributed by atoms with E-state index in [1.165, 1.54) is 12.4 Å². The topological polar surface area (TPSA) is 167 Å². The third kappa shape index (κ3) is 3.37. The zero-order chi connectivity index (χ0) is 16.1. The molecule has 2 heterocycles. The minimum atomic E-state index is -0.0556. The molecule has 0 fully saturated rings. The lowest BCUT2D eigenvalue weighted by Crippen LogP contribution is -2.12. The van der Waals surface area contributed by atoms with Crippen LogP contribution in [0, 0.1) is 5.41 Å². The Morgan fingerprint density at radius 2 is 1.55 bits per heavy atom. The number of hydrogen-bond acceptors (Lipinski definition) is 7. The first-order valence-electron chi connectivity index (χ1n) is 6.29. The Bertz CT molecular complexity index is 798.